The average molecular weight is 539 g/mol. The third-order valence-electron chi connectivity index (χ3n) is 6.83. The summed E-state index contributed by atoms with van der Waals surface area (Å²) in [5, 5.41) is 12.2. The molecule has 39 heavy (non-hydrogen) atoms. The molecule has 210 valence electrons. The van der Waals surface area contributed by atoms with Crippen molar-refractivity contribution in [3.63, 3.8) is 0 Å². The van der Waals surface area contributed by atoms with Crippen LogP contribution in [0.15, 0.2) is 42.5 Å². The van der Waals surface area contributed by atoms with Crippen LogP contribution in [0.4, 0.5) is 10.2 Å². The van der Waals surface area contributed by atoms with Crippen LogP contribution in [0.5, 0.6) is 5.75 Å². The SMILES string of the molecule is CC.COc1ccccc1F.Cc1c(CCc2ccc3c(n2)NCCC3)cc2n1CCN(CCC(=O)O)C2=O. The van der Waals surface area contributed by atoms with Gasteiger partial charge in [0.05, 0.1) is 13.5 Å². The van der Waals surface area contributed by atoms with Crippen LogP contribution in [-0.2, 0) is 30.6 Å². The maximum atomic E-state index is 12.7. The molecule has 5 rings (SSSR count). The number of carbonyl (C=O) groups is 2. The fourth-order valence-corrected chi connectivity index (χ4v) is 4.73. The standard InChI is InChI=1S/C21H26N4O3.C7H7FO.C2H6/c1-14-16(5-7-17-6-4-15-3-2-9-22-20(15)23-17)13-18-21(28)24(10-8-19(26)27)11-12-25(14)18;1-9-7-5-3-2-4-6(7)8;1-2/h4,6,13H,2-3,5,7-12H2,1H3,(H,22,23)(H,26,27);2-5H,1H3;1-2H3. The monoisotopic (exact) mass is 538 g/mol. The van der Waals surface area contributed by atoms with Gasteiger partial charge < -0.3 is 24.6 Å². The quantitative estimate of drug-likeness (QED) is 0.433. The average Bonchev–Trinajstić information content (AvgIpc) is 3.29. The minimum absolute atomic E-state index is 0.0175. The highest BCUT2D eigenvalue weighted by Gasteiger charge is 2.27. The summed E-state index contributed by atoms with van der Waals surface area (Å²) >= 11 is 0. The van der Waals surface area contributed by atoms with Crippen molar-refractivity contribution in [1.82, 2.24) is 14.5 Å². The van der Waals surface area contributed by atoms with Gasteiger partial charge in [-0.2, -0.15) is 0 Å². The van der Waals surface area contributed by atoms with E-state index >= 15 is 0 Å². The number of aromatic nitrogens is 2. The molecule has 0 spiro atoms. The Morgan fingerprint density at radius 2 is 1.92 bits per heavy atom. The zero-order valence-electron chi connectivity index (χ0n) is 23.3. The lowest BCUT2D eigenvalue weighted by atomic mass is 10.0. The predicted molar refractivity (Wildman–Crippen MR) is 150 cm³/mol. The van der Waals surface area contributed by atoms with Gasteiger partial charge >= 0.3 is 5.97 Å². The van der Waals surface area contributed by atoms with E-state index in [4.69, 9.17) is 10.1 Å². The lowest BCUT2D eigenvalue weighted by Gasteiger charge is -2.28. The van der Waals surface area contributed by atoms with E-state index in [1.54, 1.807) is 23.1 Å². The van der Waals surface area contributed by atoms with Gasteiger partial charge in [-0.05, 0) is 68.0 Å². The van der Waals surface area contributed by atoms with Crippen molar-refractivity contribution < 1.29 is 23.8 Å². The number of para-hydroxylation sites is 1. The summed E-state index contributed by atoms with van der Waals surface area (Å²) in [6, 6.07) is 12.5. The van der Waals surface area contributed by atoms with Crippen molar-refractivity contribution in [1.29, 1.82) is 0 Å². The number of hydrogen-bond acceptors (Lipinski definition) is 5. The van der Waals surface area contributed by atoms with E-state index in [0.29, 0.717) is 18.8 Å². The largest absolute Gasteiger partial charge is 0.494 e. The number of aliphatic carboxylic acids is 1. The lowest BCUT2D eigenvalue weighted by molar-refractivity contribution is -0.137. The second kappa shape index (κ2) is 14.3. The fourth-order valence-electron chi connectivity index (χ4n) is 4.73. The Morgan fingerprint density at radius 1 is 1.15 bits per heavy atom. The minimum atomic E-state index is -0.877. The summed E-state index contributed by atoms with van der Waals surface area (Å²) in [6.45, 7) is 8.58. The first-order chi connectivity index (χ1) is 18.9. The molecule has 2 N–H and O–H groups in total. The first kappa shape index (κ1) is 29.7. The Kier molecular flexibility index (Phi) is 10.9. The van der Waals surface area contributed by atoms with Gasteiger partial charge in [0, 0.05) is 37.6 Å². The summed E-state index contributed by atoms with van der Waals surface area (Å²) in [6.07, 6.45) is 3.88. The summed E-state index contributed by atoms with van der Waals surface area (Å²) in [5.74, 6) is 0.0361. The number of amides is 1. The number of carboxylic acid groups (broad SMARTS) is 1. The van der Waals surface area contributed by atoms with Crippen LogP contribution in [0, 0.1) is 12.7 Å². The first-order valence-electron chi connectivity index (χ1n) is 13.6. The van der Waals surface area contributed by atoms with Crippen LogP contribution in [0.1, 0.15) is 59.7 Å². The zero-order chi connectivity index (χ0) is 28.4. The highest BCUT2D eigenvalue weighted by molar-refractivity contribution is 5.94. The molecule has 3 aromatic rings. The maximum absolute atomic E-state index is 12.7. The van der Waals surface area contributed by atoms with Gasteiger partial charge in [0.1, 0.15) is 11.5 Å². The Morgan fingerprint density at radius 3 is 2.62 bits per heavy atom. The van der Waals surface area contributed by atoms with Gasteiger partial charge in [-0.3, -0.25) is 9.59 Å². The molecule has 1 amide bonds. The molecule has 8 nitrogen and oxygen atoms in total. The molecule has 0 saturated carbocycles. The molecule has 0 fully saturated rings. The lowest BCUT2D eigenvalue weighted by Crippen LogP contribution is -2.41. The topological polar surface area (TPSA) is 96.7 Å². The zero-order valence-corrected chi connectivity index (χ0v) is 23.3. The smallest absolute Gasteiger partial charge is 0.305 e. The number of nitrogens with zero attached hydrogens (tertiary/aromatic N) is 3. The Balaban J connectivity index is 0.000000322. The molecule has 2 aliphatic heterocycles. The van der Waals surface area contributed by atoms with Crippen LogP contribution >= 0.6 is 0 Å². The van der Waals surface area contributed by atoms with Crippen molar-refractivity contribution in [3.05, 3.63) is 76.5 Å². The number of hydrogen-bond donors (Lipinski definition) is 2. The van der Waals surface area contributed by atoms with E-state index < -0.39 is 5.97 Å². The van der Waals surface area contributed by atoms with Crippen LogP contribution in [0.25, 0.3) is 0 Å². The normalized spacial score (nSPS) is 13.6. The molecule has 4 heterocycles. The number of methoxy groups -OCH3 is 1. The molecular weight excluding hydrogens is 499 g/mol. The van der Waals surface area contributed by atoms with Crippen LogP contribution < -0.4 is 10.1 Å². The van der Waals surface area contributed by atoms with E-state index in [1.165, 1.54) is 18.7 Å². The van der Waals surface area contributed by atoms with Gasteiger partial charge in [0.25, 0.3) is 5.91 Å². The number of carboxylic acids is 1. The highest BCUT2D eigenvalue weighted by atomic mass is 19.1. The number of pyridine rings is 1. The maximum Gasteiger partial charge on any atom is 0.305 e. The summed E-state index contributed by atoms with van der Waals surface area (Å²) in [5.41, 5.74) is 5.31. The minimum Gasteiger partial charge on any atom is -0.494 e. The summed E-state index contributed by atoms with van der Waals surface area (Å²) in [4.78, 5) is 29.9. The van der Waals surface area contributed by atoms with Gasteiger partial charge in [0.15, 0.2) is 11.6 Å². The molecule has 2 aliphatic rings. The number of carbonyl (C=O) groups excluding carboxylic acids is 1. The van der Waals surface area contributed by atoms with Crippen molar-refractivity contribution in [2.45, 2.75) is 59.4 Å². The van der Waals surface area contributed by atoms with Crippen LogP contribution in [-0.4, -0.2) is 58.2 Å². The summed E-state index contributed by atoms with van der Waals surface area (Å²) < 4.78 is 19.2. The number of nitrogens with one attached hydrogen (secondary N) is 1. The van der Waals surface area contributed by atoms with Crippen molar-refractivity contribution in [2.75, 3.05) is 32.1 Å². The number of halogens is 1. The van der Waals surface area contributed by atoms with Gasteiger partial charge in [0.2, 0.25) is 0 Å². The molecule has 0 radical (unpaired) electrons. The van der Waals surface area contributed by atoms with E-state index in [1.807, 2.05) is 19.9 Å². The third-order valence-corrected chi connectivity index (χ3v) is 6.83. The fraction of sp³-hybridized carbons (Fsp3) is 0.433. The van der Waals surface area contributed by atoms with E-state index in [-0.39, 0.29) is 30.4 Å². The van der Waals surface area contributed by atoms with Crippen molar-refractivity contribution in [3.8, 4) is 5.75 Å². The number of aryl methyl sites for hydroxylation is 3. The first-order valence-corrected chi connectivity index (χ1v) is 13.6. The molecule has 0 saturated heterocycles. The molecule has 0 bridgehead atoms. The van der Waals surface area contributed by atoms with Gasteiger partial charge in [-0.25, -0.2) is 9.37 Å². The van der Waals surface area contributed by atoms with Crippen molar-refractivity contribution >= 4 is 17.7 Å². The van der Waals surface area contributed by atoms with E-state index in [0.717, 1.165) is 55.0 Å². The number of benzene rings is 1. The Hall–Kier alpha value is -3.88. The predicted octanol–water partition coefficient (Wildman–Crippen LogP) is 5.13. The molecule has 9 heteroatoms. The van der Waals surface area contributed by atoms with E-state index in [9.17, 15) is 14.0 Å². The number of rotatable bonds is 7. The molecule has 1 aromatic carbocycles. The number of fused-ring (bicyclic) bond motifs is 2. The Labute approximate surface area is 229 Å². The van der Waals surface area contributed by atoms with Crippen LogP contribution in [0.2, 0.25) is 0 Å². The van der Waals surface area contributed by atoms with Crippen LogP contribution in [0.3, 0.4) is 0 Å². The van der Waals surface area contributed by atoms with Crippen molar-refractivity contribution in [2.24, 2.45) is 0 Å². The molecule has 0 unspecified atom stereocenters. The molecule has 2 aromatic heterocycles. The van der Waals surface area contributed by atoms with Gasteiger partial charge in [-0.15, -0.1) is 0 Å². The second-order valence-electron chi connectivity index (χ2n) is 9.20. The molecule has 0 atom stereocenters. The third kappa shape index (κ3) is 7.59. The highest BCUT2D eigenvalue weighted by Crippen LogP contribution is 2.24. The number of ether oxygens (including phenoxy) is 1. The van der Waals surface area contributed by atoms with E-state index in [2.05, 4.69) is 33.7 Å². The summed E-state index contributed by atoms with van der Waals surface area (Å²) in [7, 11) is 1.44. The number of anilines is 1. The Bertz CT molecular complexity index is 1270. The molecular formula is C30H39FN4O4. The second-order valence-corrected chi connectivity index (χ2v) is 9.20. The van der Waals surface area contributed by atoms with Gasteiger partial charge in [-0.1, -0.05) is 32.0 Å². The molecule has 0 aliphatic carbocycles.